The molecule has 0 bridgehead atoms. The van der Waals surface area contributed by atoms with Crippen molar-refractivity contribution in [1.29, 1.82) is 0 Å². The third-order valence-corrected chi connectivity index (χ3v) is 3.07. The summed E-state index contributed by atoms with van der Waals surface area (Å²) < 4.78 is 27.2. The number of carbonyl (C=O) groups is 1. The van der Waals surface area contributed by atoms with E-state index in [4.69, 9.17) is 16.7 Å². The van der Waals surface area contributed by atoms with Crippen LogP contribution in [0.2, 0.25) is 5.02 Å². The predicted octanol–water partition coefficient (Wildman–Crippen LogP) is 4.29. The second-order valence-corrected chi connectivity index (χ2v) is 4.49. The van der Waals surface area contributed by atoms with Crippen LogP contribution >= 0.6 is 11.6 Å². The average molecular weight is 283 g/mol. The number of carboxylic acids is 1. The first kappa shape index (κ1) is 13.5. The minimum Gasteiger partial charge on any atom is -0.478 e. The third-order valence-electron chi connectivity index (χ3n) is 2.75. The number of halogens is 3. The molecular formula is C14H9ClF2O2. The van der Waals surface area contributed by atoms with Gasteiger partial charge in [0.2, 0.25) is 0 Å². The lowest BCUT2D eigenvalue weighted by molar-refractivity contribution is 0.0696. The summed E-state index contributed by atoms with van der Waals surface area (Å²) in [7, 11) is 0. The van der Waals surface area contributed by atoms with Crippen LogP contribution in [0.15, 0.2) is 30.3 Å². The first-order valence-electron chi connectivity index (χ1n) is 5.39. The Labute approximate surface area is 113 Å². The lowest BCUT2D eigenvalue weighted by atomic mass is 10.0. The molecule has 0 heterocycles. The molecule has 0 aliphatic carbocycles. The normalized spacial score (nSPS) is 10.5. The van der Waals surface area contributed by atoms with Crippen molar-refractivity contribution in [3.63, 3.8) is 0 Å². The molecule has 0 spiro atoms. The molecular weight excluding hydrogens is 274 g/mol. The van der Waals surface area contributed by atoms with Gasteiger partial charge in [-0.15, -0.1) is 0 Å². The standard InChI is InChI=1S/C14H9ClF2O2/c1-7-4-10(11(15)6-12(7)16)9-3-2-8(14(18)19)5-13(9)17/h2-6H,1H3,(H,18,19). The van der Waals surface area contributed by atoms with Crippen LogP contribution in [0.4, 0.5) is 8.78 Å². The molecule has 0 saturated heterocycles. The quantitative estimate of drug-likeness (QED) is 0.892. The van der Waals surface area contributed by atoms with Crippen molar-refractivity contribution in [3.05, 3.63) is 58.1 Å². The monoisotopic (exact) mass is 282 g/mol. The number of hydrogen-bond acceptors (Lipinski definition) is 1. The summed E-state index contributed by atoms with van der Waals surface area (Å²) in [6.45, 7) is 1.54. The lowest BCUT2D eigenvalue weighted by Gasteiger charge is -2.08. The number of hydrogen-bond donors (Lipinski definition) is 1. The summed E-state index contributed by atoms with van der Waals surface area (Å²) in [4.78, 5) is 10.7. The van der Waals surface area contributed by atoms with Crippen LogP contribution in [0, 0.1) is 18.6 Å². The van der Waals surface area contributed by atoms with Gasteiger partial charge >= 0.3 is 5.97 Å². The Morgan fingerprint density at radius 3 is 2.37 bits per heavy atom. The van der Waals surface area contributed by atoms with E-state index in [2.05, 4.69) is 0 Å². The van der Waals surface area contributed by atoms with Gasteiger partial charge in [0.1, 0.15) is 11.6 Å². The van der Waals surface area contributed by atoms with Crippen molar-refractivity contribution in [2.24, 2.45) is 0 Å². The van der Waals surface area contributed by atoms with E-state index in [0.717, 1.165) is 12.1 Å². The van der Waals surface area contributed by atoms with E-state index in [0.29, 0.717) is 11.1 Å². The minimum absolute atomic E-state index is 0.0741. The Morgan fingerprint density at radius 2 is 1.79 bits per heavy atom. The summed E-state index contributed by atoms with van der Waals surface area (Å²) >= 11 is 5.89. The Morgan fingerprint density at radius 1 is 1.11 bits per heavy atom. The van der Waals surface area contributed by atoms with Gasteiger partial charge in [-0.2, -0.15) is 0 Å². The molecule has 98 valence electrons. The van der Waals surface area contributed by atoms with E-state index in [1.54, 1.807) is 6.92 Å². The van der Waals surface area contributed by atoms with Crippen LogP contribution in [0.25, 0.3) is 11.1 Å². The first-order chi connectivity index (χ1) is 8.90. The molecule has 0 aliphatic rings. The van der Waals surface area contributed by atoms with Crippen molar-refractivity contribution >= 4 is 17.6 Å². The molecule has 0 fully saturated rings. The van der Waals surface area contributed by atoms with Gasteiger partial charge in [-0.1, -0.05) is 17.7 Å². The van der Waals surface area contributed by atoms with Gasteiger partial charge in [0.15, 0.2) is 0 Å². The average Bonchev–Trinajstić information content (AvgIpc) is 2.34. The molecule has 0 aliphatic heterocycles. The van der Waals surface area contributed by atoms with Crippen molar-refractivity contribution < 1.29 is 18.7 Å². The zero-order valence-corrected chi connectivity index (χ0v) is 10.6. The molecule has 5 heteroatoms. The third kappa shape index (κ3) is 2.58. The number of carboxylic acid groups (broad SMARTS) is 1. The fourth-order valence-electron chi connectivity index (χ4n) is 1.73. The molecule has 19 heavy (non-hydrogen) atoms. The molecule has 1 N–H and O–H groups in total. The first-order valence-corrected chi connectivity index (χ1v) is 5.77. The van der Waals surface area contributed by atoms with Gasteiger partial charge in [-0.25, -0.2) is 13.6 Å². The number of aryl methyl sites for hydroxylation is 1. The molecule has 2 nitrogen and oxygen atoms in total. The van der Waals surface area contributed by atoms with Gasteiger partial charge in [0.05, 0.1) is 10.6 Å². The van der Waals surface area contributed by atoms with E-state index >= 15 is 0 Å². The van der Waals surface area contributed by atoms with E-state index in [1.807, 2.05) is 0 Å². The summed E-state index contributed by atoms with van der Waals surface area (Å²) in [6, 6.07) is 6.03. The zero-order chi connectivity index (χ0) is 14.2. The molecule has 0 radical (unpaired) electrons. The molecule has 0 saturated carbocycles. The van der Waals surface area contributed by atoms with Gasteiger partial charge < -0.3 is 5.11 Å². The van der Waals surface area contributed by atoms with Crippen molar-refractivity contribution in [2.45, 2.75) is 6.92 Å². The van der Waals surface area contributed by atoms with Crippen LogP contribution < -0.4 is 0 Å². The fraction of sp³-hybridized carbons (Fsp3) is 0.0714. The molecule has 0 atom stereocenters. The fourth-order valence-corrected chi connectivity index (χ4v) is 1.98. The highest BCUT2D eigenvalue weighted by atomic mass is 35.5. The number of benzene rings is 2. The van der Waals surface area contributed by atoms with E-state index in [9.17, 15) is 13.6 Å². The van der Waals surface area contributed by atoms with Crippen LogP contribution in [0.5, 0.6) is 0 Å². The second kappa shape index (κ2) is 4.97. The number of aromatic carboxylic acids is 1. The maximum absolute atomic E-state index is 13.9. The van der Waals surface area contributed by atoms with Crippen molar-refractivity contribution in [3.8, 4) is 11.1 Å². The van der Waals surface area contributed by atoms with E-state index < -0.39 is 17.6 Å². The summed E-state index contributed by atoms with van der Waals surface area (Å²) in [6.07, 6.45) is 0. The molecule has 0 amide bonds. The number of rotatable bonds is 2. The molecule has 2 aromatic rings. The Kier molecular flexibility index (Phi) is 3.53. The topological polar surface area (TPSA) is 37.3 Å². The van der Waals surface area contributed by atoms with Gasteiger partial charge in [0, 0.05) is 11.1 Å². The van der Waals surface area contributed by atoms with Crippen LogP contribution in [-0.4, -0.2) is 11.1 Å². The summed E-state index contributed by atoms with van der Waals surface area (Å²) in [5.74, 6) is -2.41. The van der Waals surface area contributed by atoms with Crippen LogP contribution in [0.1, 0.15) is 15.9 Å². The zero-order valence-electron chi connectivity index (χ0n) is 9.88. The highest BCUT2D eigenvalue weighted by molar-refractivity contribution is 6.33. The molecule has 0 aromatic heterocycles. The Hall–Kier alpha value is -1.94. The van der Waals surface area contributed by atoms with E-state index in [-0.39, 0.29) is 16.1 Å². The lowest BCUT2D eigenvalue weighted by Crippen LogP contribution is -1.98. The predicted molar refractivity (Wildman–Crippen MR) is 68.5 cm³/mol. The minimum atomic E-state index is -1.22. The highest BCUT2D eigenvalue weighted by Crippen LogP contribution is 2.32. The molecule has 2 aromatic carbocycles. The molecule has 2 rings (SSSR count). The van der Waals surface area contributed by atoms with Crippen molar-refractivity contribution in [2.75, 3.05) is 0 Å². The second-order valence-electron chi connectivity index (χ2n) is 4.08. The SMILES string of the molecule is Cc1cc(-c2ccc(C(=O)O)cc2F)c(Cl)cc1F. The van der Waals surface area contributed by atoms with Crippen molar-refractivity contribution in [1.82, 2.24) is 0 Å². The van der Waals surface area contributed by atoms with Gasteiger partial charge in [-0.05, 0) is 36.8 Å². The van der Waals surface area contributed by atoms with Gasteiger partial charge in [-0.3, -0.25) is 0 Å². The smallest absolute Gasteiger partial charge is 0.335 e. The van der Waals surface area contributed by atoms with Gasteiger partial charge in [0.25, 0.3) is 0 Å². The summed E-state index contributed by atoms with van der Waals surface area (Å²) in [5, 5.41) is 8.84. The Bertz CT molecular complexity index is 669. The molecule has 0 unspecified atom stereocenters. The maximum Gasteiger partial charge on any atom is 0.335 e. The van der Waals surface area contributed by atoms with Crippen LogP contribution in [-0.2, 0) is 0 Å². The van der Waals surface area contributed by atoms with E-state index in [1.165, 1.54) is 18.2 Å². The summed E-state index contributed by atoms with van der Waals surface area (Å²) in [5.41, 5.74) is 0.644. The maximum atomic E-state index is 13.9. The highest BCUT2D eigenvalue weighted by Gasteiger charge is 2.14. The largest absolute Gasteiger partial charge is 0.478 e. The Balaban J connectivity index is 2.59. The van der Waals surface area contributed by atoms with Crippen LogP contribution in [0.3, 0.4) is 0 Å².